The lowest BCUT2D eigenvalue weighted by Crippen LogP contribution is -2.40. The van der Waals surface area contributed by atoms with Crippen LogP contribution in [0.1, 0.15) is 72.6 Å². The molecule has 2 aromatic heterocycles. The van der Waals surface area contributed by atoms with E-state index in [4.69, 9.17) is 14.7 Å². The van der Waals surface area contributed by atoms with E-state index in [9.17, 15) is 9.59 Å². The van der Waals surface area contributed by atoms with Crippen molar-refractivity contribution in [2.75, 3.05) is 41.3 Å². The number of ether oxygens (including phenoxy) is 1. The van der Waals surface area contributed by atoms with Crippen molar-refractivity contribution in [3.8, 4) is 34.0 Å². The monoisotopic (exact) mass is 762 g/mol. The zero-order chi connectivity index (χ0) is 39.5. The van der Waals surface area contributed by atoms with E-state index >= 15 is 0 Å². The van der Waals surface area contributed by atoms with Crippen molar-refractivity contribution in [1.82, 2.24) is 39.5 Å². The molecular weight excluding hydrogens is 713 g/mol. The second-order valence-corrected chi connectivity index (χ2v) is 15.5. The van der Waals surface area contributed by atoms with Crippen molar-refractivity contribution >= 4 is 11.8 Å². The number of likely N-dealkylation sites (tertiary alicyclic amines) is 2. The molecule has 2 aliphatic rings. The standard InChI is InChI=1S/C46H50N8O3/c1-51(2)41(32-14-7-5-8-15-32)45(55)53-26-12-20-39(53)43-47-29-37(49-43)31-22-24-35(25-23-31)57-36-19-11-18-34(28-36)38-30-48-44(50-38)40-21-13-27-54(40)46(56)42(52(3)4)33-16-9-6-10-17-33/h5-11,14-19,22-25,28-30,39-42H,12-13,20-21,26-27H2,1-4H3,(H,47,49)(H,48,50)/t39-,40+,41+,42-/m1/s1. The van der Waals surface area contributed by atoms with Crippen LogP contribution in [0.3, 0.4) is 0 Å². The molecule has 2 saturated heterocycles. The fraction of sp³-hybridized carbons (Fsp3) is 0.304. The highest BCUT2D eigenvalue weighted by molar-refractivity contribution is 5.84. The molecule has 292 valence electrons. The quantitative estimate of drug-likeness (QED) is 0.129. The van der Waals surface area contributed by atoms with Gasteiger partial charge in [-0.3, -0.25) is 19.4 Å². The zero-order valence-electron chi connectivity index (χ0n) is 33.0. The second-order valence-electron chi connectivity index (χ2n) is 15.5. The molecule has 0 bridgehead atoms. The molecule has 4 atom stereocenters. The van der Waals surface area contributed by atoms with Gasteiger partial charge in [0.05, 0.1) is 35.9 Å². The number of rotatable bonds is 12. The molecule has 8 rings (SSSR count). The third-order valence-electron chi connectivity index (χ3n) is 11.2. The van der Waals surface area contributed by atoms with Crippen LogP contribution in [0.4, 0.5) is 0 Å². The number of amides is 2. The Balaban J connectivity index is 0.925. The summed E-state index contributed by atoms with van der Waals surface area (Å²) < 4.78 is 6.32. The summed E-state index contributed by atoms with van der Waals surface area (Å²) in [5.41, 5.74) is 5.65. The number of carbonyl (C=O) groups excluding carboxylic acids is 2. The first-order chi connectivity index (χ1) is 27.7. The summed E-state index contributed by atoms with van der Waals surface area (Å²) in [6.45, 7) is 1.41. The van der Waals surface area contributed by atoms with Crippen LogP contribution < -0.4 is 4.74 Å². The molecule has 11 nitrogen and oxygen atoms in total. The van der Waals surface area contributed by atoms with Gasteiger partial charge in [0.1, 0.15) is 35.2 Å². The summed E-state index contributed by atoms with van der Waals surface area (Å²) in [7, 11) is 7.81. The van der Waals surface area contributed by atoms with E-state index in [2.05, 4.69) is 9.97 Å². The van der Waals surface area contributed by atoms with E-state index in [1.807, 2.05) is 169 Å². The van der Waals surface area contributed by atoms with Gasteiger partial charge < -0.3 is 24.5 Å². The molecule has 4 heterocycles. The largest absolute Gasteiger partial charge is 0.457 e. The molecule has 0 saturated carbocycles. The molecule has 57 heavy (non-hydrogen) atoms. The highest BCUT2D eigenvalue weighted by Gasteiger charge is 2.38. The molecule has 2 N–H and O–H groups in total. The second kappa shape index (κ2) is 16.6. The molecule has 0 aliphatic carbocycles. The number of imidazole rings is 2. The molecule has 0 unspecified atom stereocenters. The Bertz CT molecular complexity index is 2290. The van der Waals surface area contributed by atoms with Crippen molar-refractivity contribution in [3.05, 3.63) is 144 Å². The summed E-state index contributed by atoms with van der Waals surface area (Å²) in [6.07, 6.45) is 7.27. The van der Waals surface area contributed by atoms with Crippen LogP contribution in [0.25, 0.3) is 22.5 Å². The predicted molar refractivity (Wildman–Crippen MR) is 221 cm³/mol. The Labute approximate surface area is 334 Å². The Hall–Kier alpha value is -6.04. The van der Waals surface area contributed by atoms with Gasteiger partial charge in [0, 0.05) is 18.7 Å². The fourth-order valence-electron chi connectivity index (χ4n) is 8.41. The molecule has 2 amide bonds. The highest BCUT2D eigenvalue weighted by Crippen LogP contribution is 2.37. The number of aromatic nitrogens is 4. The average Bonchev–Trinajstić information content (AvgIpc) is 4.06. The maximum atomic E-state index is 13.9. The Morgan fingerprint density at radius 2 is 1.11 bits per heavy atom. The summed E-state index contributed by atoms with van der Waals surface area (Å²) >= 11 is 0. The van der Waals surface area contributed by atoms with E-state index < -0.39 is 0 Å². The van der Waals surface area contributed by atoms with Gasteiger partial charge in [-0.15, -0.1) is 0 Å². The summed E-state index contributed by atoms with van der Waals surface area (Å²) in [5.74, 6) is 3.19. The SMILES string of the molecule is CN(C)[C@H](C(=O)N1CCC[C@@H]1c1ncc(-c2ccc(Oc3cccc(-c4cnc([C@@H]5CCCN5C(=O)[C@@H](c5ccccc5)N(C)C)[nH]4)c3)cc2)[nH]1)c1ccccc1. The van der Waals surface area contributed by atoms with Gasteiger partial charge in [-0.25, -0.2) is 9.97 Å². The first-order valence-electron chi connectivity index (χ1n) is 19.8. The number of benzene rings is 4. The number of carbonyl (C=O) groups is 2. The van der Waals surface area contributed by atoms with Crippen LogP contribution in [0.15, 0.2) is 122 Å². The average molecular weight is 763 g/mol. The maximum absolute atomic E-state index is 13.9. The van der Waals surface area contributed by atoms with Crippen molar-refractivity contribution < 1.29 is 14.3 Å². The lowest BCUT2D eigenvalue weighted by Gasteiger charge is -2.31. The van der Waals surface area contributed by atoms with Gasteiger partial charge >= 0.3 is 0 Å². The molecule has 0 spiro atoms. The van der Waals surface area contributed by atoms with E-state index in [0.29, 0.717) is 24.6 Å². The molecular formula is C46H50N8O3. The van der Waals surface area contributed by atoms with Gasteiger partial charge in [-0.05, 0) is 107 Å². The first-order valence-corrected chi connectivity index (χ1v) is 19.8. The van der Waals surface area contributed by atoms with Crippen LogP contribution >= 0.6 is 0 Å². The van der Waals surface area contributed by atoms with Gasteiger partial charge in [0.2, 0.25) is 11.8 Å². The smallest absolute Gasteiger partial charge is 0.245 e. The van der Waals surface area contributed by atoms with E-state index in [1.54, 1.807) is 0 Å². The highest BCUT2D eigenvalue weighted by atomic mass is 16.5. The summed E-state index contributed by atoms with van der Waals surface area (Å²) in [4.78, 5) is 52.3. The van der Waals surface area contributed by atoms with Crippen LogP contribution in [0, 0.1) is 0 Å². The van der Waals surface area contributed by atoms with Crippen LogP contribution in [0.5, 0.6) is 11.5 Å². The number of H-pyrrole nitrogens is 2. The minimum absolute atomic E-state index is 0.0887. The molecule has 0 radical (unpaired) electrons. The van der Waals surface area contributed by atoms with Crippen LogP contribution in [-0.4, -0.2) is 92.6 Å². The molecule has 11 heteroatoms. The molecule has 2 fully saturated rings. The molecule has 4 aromatic carbocycles. The van der Waals surface area contributed by atoms with E-state index in [0.717, 1.165) is 71.0 Å². The predicted octanol–water partition coefficient (Wildman–Crippen LogP) is 8.19. The van der Waals surface area contributed by atoms with Crippen molar-refractivity contribution in [1.29, 1.82) is 0 Å². The number of likely N-dealkylation sites (N-methyl/N-ethyl adjacent to an activating group) is 2. The van der Waals surface area contributed by atoms with Crippen molar-refractivity contribution in [2.45, 2.75) is 49.9 Å². The Morgan fingerprint density at radius 3 is 1.60 bits per heavy atom. The fourth-order valence-corrected chi connectivity index (χ4v) is 8.41. The Kier molecular flexibility index (Phi) is 11.0. The molecule has 6 aromatic rings. The van der Waals surface area contributed by atoms with E-state index in [-0.39, 0.29) is 36.0 Å². The topological polar surface area (TPSA) is 114 Å². The van der Waals surface area contributed by atoms with Gasteiger partial charge in [0.15, 0.2) is 0 Å². The number of hydrogen-bond donors (Lipinski definition) is 2. The third kappa shape index (κ3) is 7.99. The normalized spacial score (nSPS) is 18.0. The minimum Gasteiger partial charge on any atom is -0.457 e. The van der Waals surface area contributed by atoms with Crippen LogP contribution in [0.2, 0.25) is 0 Å². The minimum atomic E-state index is -0.359. The Morgan fingerprint density at radius 1 is 0.614 bits per heavy atom. The molecule has 2 aliphatic heterocycles. The summed E-state index contributed by atoms with van der Waals surface area (Å²) in [6, 6.07) is 34.8. The van der Waals surface area contributed by atoms with Crippen molar-refractivity contribution in [2.24, 2.45) is 0 Å². The maximum Gasteiger partial charge on any atom is 0.245 e. The van der Waals surface area contributed by atoms with Gasteiger partial charge in [-0.1, -0.05) is 72.8 Å². The lowest BCUT2D eigenvalue weighted by atomic mass is 10.0. The summed E-state index contributed by atoms with van der Waals surface area (Å²) in [5, 5.41) is 0. The number of hydrogen-bond acceptors (Lipinski definition) is 7. The van der Waals surface area contributed by atoms with Crippen LogP contribution in [-0.2, 0) is 9.59 Å². The zero-order valence-corrected chi connectivity index (χ0v) is 33.0. The third-order valence-corrected chi connectivity index (χ3v) is 11.2. The first kappa shape index (κ1) is 37.9. The van der Waals surface area contributed by atoms with Gasteiger partial charge in [-0.2, -0.15) is 0 Å². The lowest BCUT2D eigenvalue weighted by molar-refractivity contribution is -0.138. The number of nitrogens with zero attached hydrogens (tertiary/aromatic N) is 6. The van der Waals surface area contributed by atoms with Crippen molar-refractivity contribution in [3.63, 3.8) is 0 Å². The number of nitrogens with one attached hydrogen (secondary N) is 2. The van der Waals surface area contributed by atoms with E-state index in [1.165, 1.54) is 0 Å². The number of aromatic amines is 2. The van der Waals surface area contributed by atoms with Gasteiger partial charge in [0.25, 0.3) is 0 Å².